The highest BCUT2D eigenvalue weighted by atomic mass is 16.5. The maximum Gasteiger partial charge on any atom is 0.244 e. The summed E-state index contributed by atoms with van der Waals surface area (Å²) in [6.45, 7) is 6.30. The summed E-state index contributed by atoms with van der Waals surface area (Å²) in [6, 6.07) is 10.4. The smallest absolute Gasteiger partial charge is 0.244 e. The highest BCUT2D eigenvalue weighted by Crippen LogP contribution is 2.23. The van der Waals surface area contributed by atoms with Gasteiger partial charge in [-0.2, -0.15) is 0 Å². The fraction of sp³-hybridized carbons (Fsp3) is 0.407. The van der Waals surface area contributed by atoms with Crippen LogP contribution < -0.4 is 10.1 Å². The third-order valence-electron chi connectivity index (χ3n) is 5.23. The molecule has 0 bridgehead atoms. The first-order valence-electron chi connectivity index (χ1n) is 11.2. The molecule has 1 N–H and O–H groups in total. The molecule has 31 heavy (non-hydrogen) atoms. The molecule has 0 saturated carbocycles. The molecule has 0 aliphatic rings. The number of benzene rings is 1. The third kappa shape index (κ3) is 9.20. The van der Waals surface area contributed by atoms with E-state index in [-0.39, 0.29) is 11.9 Å². The van der Waals surface area contributed by atoms with Crippen LogP contribution in [0.4, 0.5) is 0 Å². The van der Waals surface area contributed by atoms with Gasteiger partial charge in [0.2, 0.25) is 5.91 Å². The summed E-state index contributed by atoms with van der Waals surface area (Å²) < 4.78 is 5.25. The number of hydrogen-bond donors (Lipinski definition) is 1. The van der Waals surface area contributed by atoms with Crippen molar-refractivity contribution in [1.29, 1.82) is 0 Å². The second-order valence-corrected chi connectivity index (χ2v) is 8.06. The van der Waals surface area contributed by atoms with Gasteiger partial charge in [-0.25, -0.2) is 0 Å². The predicted molar refractivity (Wildman–Crippen MR) is 129 cm³/mol. The van der Waals surface area contributed by atoms with Gasteiger partial charge in [-0.05, 0) is 80.3 Å². The van der Waals surface area contributed by atoms with Crippen LogP contribution in [-0.2, 0) is 11.2 Å². The molecule has 0 fully saturated rings. The van der Waals surface area contributed by atoms with Crippen LogP contribution in [-0.4, -0.2) is 24.0 Å². The first-order valence-corrected chi connectivity index (χ1v) is 11.2. The number of aryl methyl sites for hydroxylation is 2. The van der Waals surface area contributed by atoms with Gasteiger partial charge < -0.3 is 10.1 Å². The molecule has 0 saturated heterocycles. The fourth-order valence-electron chi connectivity index (χ4n) is 3.48. The van der Waals surface area contributed by atoms with Crippen molar-refractivity contribution in [2.75, 3.05) is 7.11 Å². The maximum atomic E-state index is 12.3. The molecule has 2 rings (SSSR count). The van der Waals surface area contributed by atoms with Gasteiger partial charge in [0.1, 0.15) is 5.75 Å². The Kier molecular flexibility index (Phi) is 10.6. The number of allylic oxidation sites excluding steroid dienone is 3. The average Bonchev–Trinajstić information content (AvgIpc) is 2.76. The summed E-state index contributed by atoms with van der Waals surface area (Å²) >= 11 is 0. The molecule has 4 heteroatoms. The number of rotatable bonds is 12. The van der Waals surface area contributed by atoms with E-state index in [1.54, 1.807) is 13.2 Å². The minimum atomic E-state index is -0.0504. The SMILES string of the molecule is CCCCC(=CC=CC(=O)N[C@H](C)CCCc1cncc(C)c1)c1ccc(OC)cc1. The van der Waals surface area contributed by atoms with Gasteiger partial charge in [0.25, 0.3) is 0 Å². The van der Waals surface area contributed by atoms with Crippen molar-refractivity contribution in [1.82, 2.24) is 10.3 Å². The molecule has 0 spiro atoms. The summed E-state index contributed by atoms with van der Waals surface area (Å²) in [4.78, 5) is 16.5. The van der Waals surface area contributed by atoms with Crippen LogP contribution in [0.5, 0.6) is 5.75 Å². The van der Waals surface area contributed by atoms with Gasteiger partial charge in [-0.3, -0.25) is 9.78 Å². The molecule has 4 nitrogen and oxygen atoms in total. The quantitative estimate of drug-likeness (QED) is 0.336. The van der Waals surface area contributed by atoms with Crippen molar-refractivity contribution in [3.63, 3.8) is 0 Å². The summed E-state index contributed by atoms with van der Waals surface area (Å²) in [5.74, 6) is 0.798. The molecule has 1 aromatic heterocycles. The van der Waals surface area contributed by atoms with E-state index in [4.69, 9.17) is 4.74 Å². The van der Waals surface area contributed by atoms with E-state index in [2.05, 4.69) is 49.3 Å². The molecule has 0 aliphatic carbocycles. The molecule has 2 aromatic rings. The number of aromatic nitrogens is 1. The largest absolute Gasteiger partial charge is 0.497 e. The van der Waals surface area contributed by atoms with Crippen molar-refractivity contribution in [3.05, 3.63) is 77.6 Å². The average molecular weight is 421 g/mol. The molecular formula is C27H36N2O2. The number of pyridine rings is 1. The Morgan fingerprint density at radius 2 is 1.97 bits per heavy atom. The zero-order valence-corrected chi connectivity index (χ0v) is 19.4. The topological polar surface area (TPSA) is 51.2 Å². The number of methoxy groups -OCH3 is 1. The Morgan fingerprint density at radius 1 is 1.19 bits per heavy atom. The second kappa shape index (κ2) is 13.4. The summed E-state index contributed by atoms with van der Waals surface area (Å²) in [5.41, 5.74) is 4.83. The minimum absolute atomic E-state index is 0.0504. The summed E-state index contributed by atoms with van der Waals surface area (Å²) in [5, 5.41) is 3.06. The molecule has 166 valence electrons. The molecule has 1 amide bonds. The lowest BCUT2D eigenvalue weighted by Gasteiger charge is -2.12. The van der Waals surface area contributed by atoms with Crippen molar-refractivity contribution < 1.29 is 9.53 Å². The molecule has 1 aromatic carbocycles. The van der Waals surface area contributed by atoms with Gasteiger partial charge in [0, 0.05) is 24.5 Å². The number of unbranched alkanes of at least 4 members (excludes halogenated alkanes) is 1. The molecule has 1 heterocycles. The van der Waals surface area contributed by atoms with Crippen molar-refractivity contribution in [2.24, 2.45) is 0 Å². The van der Waals surface area contributed by atoms with E-state index in [0.717, 1.165) is 44.3 Å². The highest BCUT2D eigenvalue weighted by Gasteiger charge is 2.05. The number of ether oxygens (including phenoxy) is 1. The predicted octanol–water partition coefficient (Wildman–Crippen LogP) is 6.06. The van der Waals surface area contributed by atoms with Crippen molar-refractivity contribution in [3.8, 4) is 5.75 Å². The third-order valence-corrected chi connectivity index (χ3v) is 5.23. The molecular weight excluding hydrogens is 384 g/mol. The molecule has 1 atom stereocenters. The van der Waals surface area contributed by atoms with Crippen LogP contribution in [0.15, 0.2) is 61.0 Å². The lowest BCUT2D eigenvalue weighted by atomic mass is 9.99. The second-order valence-electron chi connectivity index (χ2n) is 8.06. The lowest BCUT2D eigenvalue weighted by molar-refractivity contribution is -0.117. The molecule has 0 radical (unpaired) electrons. The number of carbonyl (C=O) groups excluding carboxylic acids is 1. The van der Waals surface area contributed by atoms with E-state index < -0.39 is 0 Å². The monoisotopic (exact) mass is 420 g/mol. The number of nitrogens with one attached hydrogen (secondary N) is 1. The van der Waals surface area contributed by atoms with Gasteiger partial charge >= 0.3 is 0 Å². The Morgan fingerprint density at radius 3 is 2.65 bits per heavy atom. The van der Waals surface area contributed by atoms with Crippen LogP contribution in [0.3, 0.4) is 0 Å². The number of nitrogens with zero attached hydrogens (tertiary/aromatic N) is 1. The maximum absolute atomic E-state index is 12.3. The van der Waals surface area contributed by atoms with Crippen LogP contribution in [0.25, 0.3) is 5.57 Å². The van der Waals surface area contributed by atoms with Crippen LogP contribution in [0, 0.1) is 6.92 Å². The van der Waals surface area contributed by atoms with E-state index in [0.29, 0.717) is 0 Å². The van der Waals surface area contributed by atoms with E-state index in [1.807, 2.05) is 36.7 Å². The normalized spacial score (nSPS) is 12.7. The fourth-order valence-corrected chi connectivity index (χ4v) is 3.48. The Labute approximate surface area is 187 Å². The lowest BCUT2D eigenvalue weighted by Crippen LogP contribution is -2.31. The number of carbonyl (C=O) groups is 1. The zero-order chi connectivity index (χ0) is 22.5. The minimum Gasteiger partial charge on any atom is -0.497 e. The van der Waals surface area contributed by atoms with Gasteiger partial charge in [0.05, 0.1) is 7.11 Å². The van der Waals surface area contributed by atoms with E-state index in [9.17, 15) is 4.79 Å². The highest BCUT2D eigenvalue weighted by molar-refractivity contribution is 5.88. The first-order chi connectivity index (χ1) is 15.0. The Hall–Kier alpha value is -2.88. The van der Waals surface area contributed by atoms with Gasteiger partial charge in [-0.15, -0.1) is 0 Å². The zero-order valence-electron chi connectivity index (χ0n) is 19.4. The van der Waals surface area contributed by atoms with Crippen LogP contribution in [0.2, 0.25) is 0 Å². The van der Waals surface area contributed by atoms with Crippen molar-refractivity contribution in [2.45, 2.75) is 65.3 Å². The van der Waals surface area contributed by atoms with Crippen LogP contribution in [0.1, 0.15) is 62.6 Å². The van der Waals surface area contributed by atoms with Crippen molar-refractivity contribution >= 4 is 11.5 Å². The summed E-state index contributed by atoms with van der Waals surface area (Å²) in [7, 11) is 1.67. The van der Waals surface area contributed by atoms with E-state index >= 15 is 0 Å². The van der Waals surface area contributed by atoms with Gasteiger partial charge in [-0.1, -0.05) is 43.7 Å². The molecule has 0 aliphatic heterocycles. The summed E-state index contributed by atoms with van der Waals surface area (Å²) in [6.07, 6.45) is 15.5. The van der Waals surface area contributed by atoms with Crippen LogP contribution >= 0.6 is 0 Å². The standard InChI is InChI=1S/C27H36N2O2/c1-5-6-11-24(25-14-16-26(31-4)17-15-25)12-8-13-27(30)29-22(3)9-7-10-23-18-21(2)19-28-20-23/h8,12-20,22H,5-7,9-11H2,1-4H3,(H,29,30)/t22-/m1/s1. The number of amides is 1. The van der Waals surface area contributed by atoms with E-state index in [1.165, 1.54) is 22.3 Å². The Balaban J connectivity index is 1.85. The van der Waals surface area contributed by atoms with Gasteiger partial charge in [0.15, 0.2) is 0 Å². The first kappa shape index (κ1) is 24.4. The molecule has 0 unspecified atom stereocenters. The Bertz CT molecular complexity index is 869. The number of hydrogen-bond acceptors (Lipinski definition) is 3.